The fourth-order valence-electron chi connectivity index (χ4n) is 3.21. The Morgan fingerprint density at radius 2 is 1.83 bits per heavy atom. The van der Waals surface area contributed by atoms with E-state index in [2.05, 4.69) is 21.2 Å². The summed E-state index contributed by atoms with van der Waals surface area (Å²) in [6.45, 7) is 2.33. The largest absolute Gasteiger partial charge is 0.452 e. The first-order chi connectivity index (χ1) is 14.3. The third kappa shape index (κ3) is 5.47. The molecule has 30 heavy (non-hydrogen) atoms. The fraction of sp³-hybridized carbons (Fsp3) is 0.333. The van der Waals surface area contributed by atoms with E-state index in [9.17, 15) is 18.0 Å². The average Bonchev–Trinajstić information content (AvgIpc) is 2.74. The molecule has 0 spiro atoms. The maximum absolute atomic E-state index is 12.8. The molecule has 2 aromatic carbocycles. The molecule has 1 N–H and O–H groups in total. The predicted octanol–water partition coefficient (Wildman–Crippen LogP) is 3.73. The number of sulfonamides is 1. The molecule has 3 rings (SSSR count). The van der Waals surface area contributed by atoms with E-state index in [0.29, 0.717) is 18.8 Å². The summed E-state index contributed by atoms with van der Waals surface area (Å²) in [6, 6.07) is 11.1. The van der Waals surface area contributed by atoms with Gasteiger partial charge in [0.15, 0.2) is 6.61 Å². The monoisotopic (exact) mass is 494 g/mol. The molecule has 1 fully saturated rings. The Bertz CT molecular complexity index is 1050. The minimum absolute atomic E-state index is 0.0498. The maximum Gasteiger partial charge on any atom is 0.338 e. The minimum atomic E-state index is -3.66. The van der Waals surface area contributed by atoms with Gasteiger partial charge < -0.3 is 10.1 Å². The number of aryl methyl sites for hydroxylation is 1. The van der Waals surface area contributed by atoms with Crippen LogP contribution in [0, 0.1) is 6.92 Å². The van der Waals surface area contributed by atoms with Gasteiger partial charge in [-0.3, -0.25) is 4.79 Å². The highest BCUT2D eigenvalue weighted by molar-refractivity contribution is 9.10. The highest BCUT2D eigenvalue weighted by Gasteiger charge is 2.26. The molecule has 2 aromatic rings. The number of nitrogens with zero attached hydrogens (tertiary/aromatic N) is 1. The first kappa shape index (κ1) is 22.5. The number of piperidine rings is 1. The van der Waals surface area contributed by atoms with E-state index in [1.807, 2.05) is 13.0 Å². The Hall–Kier alpha value is -2.23. The van der Waals surface area contributed by atoms with Crippen LogP contribution in [0.2, 0.25) is 0 Å². The SMILES string of the molecule is Cc1cc(Br)ccc1NC(=O)COC(=O)c1cccc(S(=O)(=O)N2CCCCC2)c1. The lowest BCUT2D eigenvalue weighted by molar-refractivity contribution is -0.119. The van der Waals surface area contributed by atoms with Gasteiger partial charge >= 0.3 is 5.97 Å². The van der Waals surface area contributed by atoms with Crippen LogP contribution in [0.1, 0.15) is 35.2 Å². The Morgan fingerprint density at radius 3 is 2.53 bits per heavy atom. The molecule has 0 saturated carbocycles. The molecule has 0 aromatic heterocycles. The topological polar surface area (TPSA) is 92.8 Å². The molecule has 0 bridgehead atoms. The summed E-state index contributed by atoms with van der Waals surface area (Å²) in [5, 5.41) is 2.68. The summed E-state index contributed by atoms with van der Waals surface area (Å²) in [5.41, 5.74) is 1.56. The maximum atomic E-state index is 12.8. The van der Waals surface area contributed by atoms with Gasteiger partial charge in [0.25, 0.3) is 5.91 Å². The second-order valence-corrected chi connectivity index (χ2v) is 9.93. The predicted molar refractivity (Wildman–Crippen MR) is 117 cm³/mol. The molecular weight excluding hydrogens is 472 g/mol. The number of hydrogen-bond acceptors (Lipinski definition) is 5. The first-order valence-corrected chi connectivity index (χ1v) is 11.8. The Labute approximate surface area is 184 Å². The van der Waals surface area contributed by atoms with Crippen molar-refractivity contribution in [1.82, 2.24) is 4.31 Å². The van der Waals surface area contributed by atoms with Crippen LogP contribution in [0.15, 0.2) is 51.8 Å². The Balaban J connectivity index is 1.63. The summed E-state index contributed by atoms with van der Waals surface area (Å²) < 4.78 is 33.0. The van der Waals surface area contributed by atoms with Crippen LogP contribution in [0.3, 0.4) is 0 Å². The van der Waals surface area contributed by atoms with E-state index in [1.54, 1.807) is 12.1 Å². The van der Waals surface area contributed by atoms with Gasteiger partial charge in [-0.25, -0.2) is 13.2 Å². The standard InChI is InChI=1S/C21H23BrN2O5S/c1-15-12-17(22)8-9-19(15)23-20(25)14-29-21(26)16-6-5-7-18(13-16)30(27,28)24-10-3-2-4-11-24/h5-9,12-13H,2-4,10-11,14H2,1H3,(H,23,25). The van der Waals surface area contributed by atoms with Crippen molar-refractivity contribution in [3.8, 4) is 0 Å². The van der Waals surface area contributed by atoms with Gasteiger partial charge in [-0.05, 0) is 61.7 Å². The van der Waals surface area contributed by atoms with Gasteiger partial charge in [0.2, 0.25) is 10.0 Å². The number of anilines is 1. The molecular formula is C21H23BrN2O5S. The normalized spacial score (nSPS) is 14.9. The molecule has 9 heteroatoms. The van der Waals surface area contributed by atoms with E-state index in [4.69, 9.17) is 4.74 Å². The smallest absolute Gasteiger partial charge is 0.338 e. The van der Waals surface area contributed by atoms with Crippen molar-refractivity contribution in [3.05, 3.63) is 58.1 Å². The Morgan fingerprint density at radius 1 is 1.10 bits per heavy atom. The minimum Gasteiger partial charge on any atom is -0.452 e. The van der Waals surface area contributed by atoms with E-state index in [1.165, 1.54) is 28.6 Å². The zero-order valence-electron chi connectivity index (χ0n) is 16.6. The molecule has 0 atom stereocenters. The second-order valence-electron chi connectivity index (χ2n) is 7.08. The lowest BCUT2D eigenvalue weighted by Crippen LogP contribution is -2.35. The van der Waals surface area contributed by atoms with Crippen molar-refractivity contribution in [1.29, 1.82) is 0 Å². The highest BCUT2D eigenvalue weighted by Crippen LogP contribution is 2.22. The summed E-state index contributed by atoms with van der Waals surface area (Å²) in [5.74, 6) is -1.24. The van der Waals surface area contributed by atoms with Crippen molar-refractivity contribution < 1.29 is 22.7 Å². The molecule has 0 unspecified atom stereocenters. The zero-order valence-corrected chi connectivity index (χ0v) is 19.0. The van der Waals surface area contributed by atoms with E-state index < -0.39 is 28.5 Å². The second kappa shape index (κ2) is 9.72. The number of benzene rings is 2. The van der Waals surface area contributed by atoms with Gasteiger partial charge in [0.1, 0.15) is 0 Å². The van der Waals surface area contributed by atoms with Crippen molar-refractivity contribution in [3.63, 3.8) is 0 Å². The lowest BCUT2D eigenvalue weighted by atomic mass is 10.2. The number of esters is 1. The van der Waals surface area contributed by atoms with Crippen LogP contribution >= 0.6 is 15.9 Å². The third-order valence-corrected chi connectivity index (χ3v) is 7.21. The van der Waals surface area contributed by atoms with Gasteiger partial charge in [0, 0.05) is 23.2 Å². The molecule has 0 radical (unpaired) electrons. The van der Waals surface area contributed by atoms with E-state index in [0.717, 1.165) is 29.3 Å². The molecule has 1 aliphatic heterocycles. The third-order valence-electron chi connectivity index (χ3n) is 4.82. The quantitative estimate of drug-likeness (QED) is 0.617. The van der Waals surface area contributed by atoms with Gasteiger partial charge in [-0.2, -0.15) is 4.31 Å². The van der Waals surface area contributed by atoms with E-state index >= 15 is 0 Å². The van der Waals surface area contributed by atoms with Gasteiger partial charge in [0.05, 0.1) is 10.5 Å². The van der Waals surface area contributed by atoms with Crippen LogP contribution < -0.4 is 5.32 Å². The number of hydrogen-bond donors (Lipinski definition) is 1. The molecule has 1 amide bonds. The summed E-state index contributed by atoms with van der Waals surface area (Å²) in [6.07, 6.45) is 2.67. The number of amides is 1. The molecule has 1 heterocycles. The van der Waals surface area contributed by atoms with Crippen molar-refractivity contribution >= 4 is 43.5 Å². The van der Waals surface area contributed by atoms with Crippen molar-refractivity contribution in [2.75, 3.05) is 25.0 Å². The van der Waals surface area contributed by atoms with Gasteiger partial charge in [-0.1, -0.05) is 28.4 Å². The molecule has 1 saturated heterocycles. The zero-order chi connectivity index (χ0) is 21.7. The van der Waals surface area contributed by atoms with E-state index in [-0.39, 0.29) is 10.5 Å². The van der Waals surface area contributed by atoms with Crippen molar-refractivity contribution in [2.45, 2.75) is 31.1 Å². The summed E-state index contributed by atoms with van der Waals surface area (Å²) in [7, 11) is -3.66. The molecule has 1 aliphatic rings. The van der Waals surface area contributed by atoms with Crippen molar-refractivity contribution in [2.24, 2.45) is 0 Å². The summed E-state index contributed by atoms with van der Waals surface area (Å²) >= 11 is 3.36. The number of carbonyl (C=O) groups is 2. The van der Waals surface area contributed by atoms with Crippen LogP contribution in [0.5, 0.6) is 0 Å². The van der Waals surface area contributed by atoms with Crippen LogP contribution in [-0.4, -0.2) is 44.3 Å². The van der Waals surface area contributed by atoms with Crippen LogP contribution in [0.4, 0.5) is 5.69 Å². The summed E-state index contributed by atoms with van der Waals surface area (Å²) in [4.78, 5) is 24.5. The first-order valence-electron chi connectivity index (χ1n) is 9.61. The number of ether oxygens (including phenoxy) is 1. The van der Waals surface area contributed by atoms with Crippen LogP contribution in [0.25, 0.3) is 0 Å². The number of nitrogens with one attached hydrogen (secondary N) is 1. The number of halogens is 1. The molecule has 0 aliphatic carbocycles. The Kier molecular flexibility index (Phi) is 7.27. The number of carbonyl (C=O) groups excluding carboxylic acids is 2. The molecule has 160 valence electrons. The molecule has 7 nitrogen and oxygen atoms in total. The highest BCUT2D eigenvalue weighted by atomic mass is 79.9. The average molecular weight is 495 g/mol. The van der Waals surface area contributed by atoms with Gasteiger partial charge in [-0.15, -0.1) is 0 Å². The number of rotatable bonds is 6. The van der Waals surface area contributed by atoms with Crippen LogP contribution in [-0.2, 0) is 19.6 Å². The fourth-order valence-corrected chi connectivity index (χ4v) is 5.24. The lowest BCUT2D eigenvalue weighted by Gasteiger charge is -2.25.